The second-order valence-electron chi connectivity index (χ2n) is 10.8. The number of rotatable bonds is 12. The minimum absolute atomic E-state index is 0.209. The number of carboxylic acid groups (broad SMARTS) is 1. The van der Waals surface area contributed by atoms with E-state index >= 15 is 0 Å². The molecule has 0 radical (unpaired) electrons. The average molecular weight is 520 g/mol. The van der Waals surface area contributed by atoms with Crippen LogP contribution in [-0.2, 0) is 29.2 Å². The molecule has 2 fully saturated rings. The Morgan fingerprint density at radius 3 is 2.00 bits per heavy atom. The molecule has 5 N–H and O–H groups in total. The van der Waals surface area contributed by atoms with Crippen molar-refractivity contribution >= 4 is 18.0 Å². The van der Waals surface area contributed by atoms with E-state index in [0.29, 0.717) is 19.6 Å². The molecule has 2 saturated carbocycles. The van der Waals surface area contributed by atoms with Crippen molar-refractivity contribution in [3.8, 4) is 0 Å². The highest BCUT2D eigenvalue weighted by atomic mass is 16.5. The van der Waals surface area contributed by atoms with Gasteiger partial charge in [-0.05, 0) is 65.8 Å². The van der Waals surface area contributed by atoms with Crippen molar-refractivity contribution < 1.29 is 19.9 Å². The van der Waals surface area contributed by atoms with Crippen LogP contribution in [0, 0.1) is 11.8 Å². The van der Waals surface area contributed by atoms with Gasteiger partial charge in [0.15, 0.2) is 0 Å². The maximum absolute atomic E-state index is 12.8. The van der Waals surface area contributed by atoms with Gasteiger partial charge in [0.2, 0.25) is 0 Å². The third-order valence-corrected chi connectivity index (χ3v) is 8.36. The van der Waals surface area contributed by atoms with Crippen molar-refractivity contribution in [1.82, 2.24) is 16.1 Å². The summed E-state index contributed by atoms with van der Waals surface area (Å²) < 4.78 is 0. The summed E-state index contributed by atoms with van der Waals surface area (Å²) in [4.78, 5) is 24.0. The molecule has 2 aliphatic carbocycles. The lowest BCUT2D eigenvalue weighted by Gasteiger charge is -2.44. The number of carbonyl (C=O) groups is 2. The number of amides is 1. The summed E-state index contributed by atoms with van der Waals surface area (Å²) in [7, 11) is 0. The van der Waals surface area contributed by atoms with E-state index in [1.807, 2.05) is 24.3 Å². The monoisotopic (exact) mass is 519 g/mol. The van der Waals surface area contributed by atoms with E-state index in [2.05, 4.69) is 34.9 Å². The lowest BCUT2D eigenvalue weighted by Crippen LogP contribution is -2.61. The Morgan fingerprint density at radius 2 is 1.39 bits per heavy atom. The Kier molecular flexibility index (Phi) is 10.1. The van der Waals surface area contributed by atoms with Gasteiger partial charge in [-0.1, -0.05) is 80.6 Å². The van der Waals surface area contributed by atoms with E-state index in [1.54, 1.807) is 11.6 Å². The van der Waals surface area contributed by atoms with Gasteiger partial charge < -0.3 is 10.4 Å². The first-order valence-corrected chi connectivity index (χ1v) is 14.0. The summed E-state index contributed by atoms with van der Waals surface area (Å²) in [6, 6.07) is 16.3. The first kappa shape index (κ1) is 28.0. The van der Waals surface area contributed by atoms with Crippen LogP contribution in [0.15, 0.2) is 54.6 Å². The maximum Gasteiger partial charge on any atom is 0.324 e. The van der Waals surface area contributed by atoms with E-state index in [4.69, 9.17) is 5.21 Å². The van der Waals surface area contributed by atoms with Crippen LogP contribution in [0.4, 0.5) is 0 Å². The Hall–Kier alpha value is -3.00. The maximum atomic E-state index is 12.8. The Bertz CT molecular complexity index is 1090. The van der Waals surface area contributed by atoms with Crippen molar-refractivity contribution in [3.05, 3.63) is 76.9 Å². The van der Waals surface area contributed by atoms with Gasteiger partial charge in [0.05, 0.1) is 0 Å². The normalized spacial score (nSPS) is 18.4. The van der Waals surface area contributed by atoms with E-state index < -0.39 is 17.4 Å². The van der Waals surface area contributed by atoms with Gasteiger partial charge in [0.25, 0.3) is 5.91 Å². The summed E-state index contributed by atoms with van der Waals surface area (Å²) in [6.45, 7) is 1.96. The largest absolute Gasteiger partial charge is 0.480 e. The summed E-state index contributed by atoms with van der Waals surface area (Å²) in [6.07, 6.45) is 12.8. The molecule has 7 heteroatoms. The van der Waals surface area contributed by atoms with Crippen LogP contribution in [0.1, 0.15) is 80.0 Å². The first-order valence-electron chi connectivity index (χ1n) is 14.0. The molecular formula is C31H41N3O4. The predicted octanol–water partition coefficient (Wildman–Crippen LogP) is 5.18. The number of hydroxylamine groups is 1. The van der Waals surface area contributed by atoms with Gasteiger partial charge in [0, 0.05) is 25.7 Å². The van der Waals surface area contributed by atoms with Crippen LogP contribution < -0.4 is 16.1 Å². The highest BCUT2D eigenvalue weighted by Gasteiger charge is 2.51. The average Bonchev–Trinajstić information content (AvgIpc) is 3.49. The van der Waals surface area contributed by atoms with E-state index in [0.717, 1.165) is 73.6 Å². The number of benzene rings is 2. The topological polar surface area (TPSA) is 111 Å². The SMILES string of the molecule is O=C(/C=C/c1cccc(CNCc2ccc(CN[C@](C(=O)O)(C3CCCCC3)C3CCCC3)cc2)c1)NO. The molecule has 2 aromatic carbocycles. The zero-order valence-corrected chi connectivity index (χ0v) is 22.1. The fourth-order valence-electron chi connectivity index (χ4n) is 6.38. The van der Waals surface area contributed by atoms with Gasteiger partial charge in [-0.2, -0.15) is 0 Å². The lowest BCUT2D eigenvalue weighted by atomic mass is 9.67. The number of carbonyl (C=O) groups excluding carboxylic acids is 1. The molecule has 0 aliphatic heterocycles. The highest BCUT2D eigenvalue weighted by molar-refractivity contribution is 5.90. The molecule has 0 spiro atoms. The van der Waals surface area contributed by atoms with Gasteiger partial charge in [-0.25, -0.2) is 5.48 Å². The molecule has 0 heterocycles. The third kappa shape index (κ3) is 7.10. The molecule has 0 saturated heterocycles. The van der Waals surface area contributed by atoms with Crippen LogP contribution in [-0.4, -0.2) is 27.7 Å². The van der Waals surface area contributed by atoms with Gasteiger partial charge in [0.1, 0.15) is 5.54 Å². The summed E-state index contributed by atoms with van der Waals surface area (Å²) in [5.41, 5.74) is 5.02. The van der Waals surface area contributed by atoms with Crippen molar-refractivity contribution in [2.75, 3.05) is 0 Å². The Morgan fingerprint density at radius 1 is 0.816 bits per heavy atom. The molecule has 4 rings (SSSR count). The summed E-state index contributed by atoms with van der Waals surface area (Å²) >= 11 is 0. The van der Waals surface area contributed by atoms with Crippen LogP contribution in [0.2, 0.25) is 0 Å². The molecular weight excluding hydrogens is 478 g/mol. The summed E-state index contributed by atoms with van der Waals surface area (Å²) in [5, 5.41) is 26.2. The number of hydrogen-bond acceptors (Lipinski definition) is 5. The molecule has 1 atom stereocenters. The van der Waals surface area contributed by atoms with Gasteiger partial charge >= 0.3 is 5.97 Å². The number of nitrogens with one attached hydrogen (secondary N) is 3. The zero-order chi connectivity index (χ0) is 26.8. The van der Waals surface area contributed by atoms with E-state index in [1.165, 1.54) is 12.5 Å². The molecule has 38 heavy (non-hydrogen) atoms. The van der Waals surface area contributed by atoms with Crippen molar-refractivity contribution in [2.45, 2.75) is 83.0 Å². The fourth-order valence-corrected chi connectivity index (χ4v) is 6.38. The smallest absolute Gasteiger partial charge is 0.324 e. The lowest BCUT2D eigenvalue weighted by molar-refractivity contribution is -0.152. The molecule has 204 valence electrons. The number of hydrogen-bond donors (Lipinski definition) is 5. The minimum Gasteiger partial charge on any atom is -0.480 e. The number of carboxylic acids is 1. The van der Waals surface area contributed by atoms with E-state index in [-0.39, 0.29) is 11.8 Å². The van der Waals surface area contributed by atoms with E-state index in [9.17, 15) is 14.7 Å². The molecule has 7 nitrogen and oxygen atoms in total. The first-order chi connectivity index (χ1) is 18.5. The molecule has 1 amide bonds. The second kappa shape index (κ2) is 13.7. The second-order valence-corrected chi connectivity index (χ2v) is 10.8. The Labute approximate surface area is 225 Å². The molecule has 0 unspecified atom stereocenters. The molecule has 2 aromatic rings. The number of aliphatic carboxylic acids is 1. The third-order valence-electron chi connectivity index (χ3n) is 8.36. The minimum atomic E-state index is -0.817. The summed E-state index contributed by atoms with van der Waals surface area (Å²) in [5.74, 6) is -0.796. The van der Waals surface area contributed by atoms with Crippen LogP contribution in [0.3, 0.4) is 0 Å². The standard InChI is InChI=1S/C31H41N3O4/c35-29(34-38)18-17-23-7-6-8-26(19-23)21-32-20-24-13-15-25(16-14-24)22-33-31(30(36)37,28-11-4-5-12-28)27-9-2-1-3-10-27/h6-8,13-19,27-28,32-33,38H,1-5,9-12,20-22H2,(H,34,35)(H,36,37)/b18-17+/t31-/m1/s1. The predicted molar refractivity (Wildman–Crippen MR) is 148 cm³/mol. The van der Waals surface area contributed by atoms with Crippen LogP contribution in [0.5, 0.6) is 0 Å². The Balaban J connectivity index is 1.33. The van der Waals surface area contributed by atoms with Crippen molar-refractivity contribution in [1.29, 1.82) is 0 Å². The highest BCUT2D eigenvalue weighted by Crippen LogP contribution is 2.44. The fraction of sp³-hybridized carbons (Fsp3) is 0.484. The molecule has 0 aromatic heterocycles. The van der Waals surface area contributed by atoms with Gasteiger partial charge in [-0.15, -0.1) is 0 Å². The molecule has 2 aliphatic rings. The van der Waals surface area contributed by atoms with Crippen molar-refractivity contribution in [3.63, 3.8) is 0 Å². The van der Waals surface area contributed by atoms with Gasteiger partial charge in [-0.3, -0.25) is 20.1 Å². The van der Waals surface area contributed by atoms with Crippen molar-refractivity contribution in [2.24, 2.45) is 11.8 Å². The zero-order valence-electron chi connectivity index (χ0n) is 22.1. The quantitative estimate of drug-likeness (QED) is 0.150. The van der Waals surface area contributed by atoms with Crippen LogP contribution in [0.25, 0.3) is 6.08 Å². The van der Waals surface area contributed by atoms with Crippen LogP contribution >= 0.6 is 0 Å². The molecule has 0 bridgehead atoms.